The zero-order valence-corrected chi connectivity index (χ0v) is 15.6. The van der Waals surface area contributed by atoms with Gasteiger partial charge in [0.2, 0.25) is 23.2 Å². The summed E-state index contributed by atoms with van der Waals surface area (Å²) < 4.78 is 25.3. The SMILES string of the molecule is Nc1nc2c(ncn2OP(N)(=O)On2cnc3c(=S)[nH]c(N)nc32)c(=S)[nH]1. The zero-order valence-electron chi connectivity index (χ0n) is 13.1. The third kappa shape index (κ3) is 3.10. The zero-order chi connectivity index (χ0) is 19.3. The molecule has 0 saturated heterocycles. The van der Waals surface area contributed by atoms with Crippen LogP contribution in [0, 0.1) is 9.28 Å². The van der Waals surface area contributed by atoms with Gasteiger partial charge in [0, 0.05) is 0 Å². The van der Waals surface area contributed by atoms with Gasteiger partial charge in [0.15, 0.2) is 0 Å². The Morgan fingerprint density at radius 3 is 1.74 bits per heavy atom. The summed E-state index contributed by atoms with van der Waals surface area (Å²) in [5, 5.41) is 0. The minimum Gasteiger partial charge on any atom is -0.369 e. The Kier molecular flexibility index (Phi) is 3.84. The first-order valence-corrected chi connectivity index (χ1v) is 9.41. The molecule has 140 valence electrons. The van der Waals surface area contributed by atoms with Crippen LogP contribution in [0.25, 0.3) is 22.3 Å². The van der Waals surface area contributed by atoms with Crippen LogP contribution in [-0.4, -0.2) is 39.4 Å². The second-order valence-electron chi connectivity index (χ2n) is 5.09. The Bertz CT molecular complexity index is 1250. The molecule has 0 unspecified atom stereocenters. The Morgan fingerprint density at radius 1 is 0.926 bits per heavy atom. The molecule has 0 aliphatic rings. The number of fused-ring (bicyclic) bond motifs is 2. The first-order chi connectivity index (χ1) is 12.7. The number of aromatic nitrogens is 8. The van der Waals surface area contributed by atoms with E-state index in [9.17, 15) is 4.57 Å². The highest BCUT2D eigenvalue weighted by Crippen LogP contribution is 2.32. The Morgan fingerprint density at radius 2 is 1.33 bits per heavy atom. The molecule has 17 heteroatoms. The molecule has 0 bridgehead atoms. The quantitative estimate of drug-likeness (QED) is 0.217. The summed E-state index contributed by atoms with van der Waals surface area (Å²) in [6.45, 7) is 0. The van der Waals surface area contributed by atoms with Gasteiger partial charge in [0.1, 0.15) is 33.0 Å². The van der Waals surface area contributed by atoms with Gasteiger partial charge in [-0.05, 0) is 0 Å². The average molecular weight is 427 g/mol. The van der Waals surface area contributed by atoms with Crippen molar-refractivity contribution in [1.82, 2.24) is 39.4 Å². The fourth-order valence-electron chi connectivity index (χ4n) is 2.19. The molecule has 8 N–H and O–H groups in total. The highest BCUT2D eigenvalue weighted by Gasteiger charge is 2.27. The lowest BCUT2D eigenvalue weighted by atomic mass is 10.6. The molecule has 0 amide bonds. The van der Waals surface area contributed by atoms with E-state index in [1.165, 1.54) is 12.7 Å². The van der Waals surface area contributed by atoms with Crippen LogP contribution < -0.4 is 26.2 Å². The minimum absolute atomic E-state index is 0.0140. The van der Waals surface area contributed by atoms with Crippen molar-refractivity contribution in [3.05, 3.63) is 21.9 Å². The summed E-state index contributed by atoms with van der Waals surface area (Å²) >= 11 is 10.2. The molecule has 4 aromatic heterocycles. The number of imidazole rings is 2. The highest BCUT2D eigenvalue weighted by molar-refractivity contribution is 7.71. The number of anilines is 2. The van der Waals surface area contributed by atoms with E-state index in [-0.39, 0.29) is 43.5 Å². The van der Waals surface area contributed by atoms with Crippen LogP contribution in [-0.2, 0) is 4.57 Å². The van der Waals surface area contributed by atoms with Gasteiger partial charge >= 0.3 is 7.75 Å². The van der Waals surface area contributed by atoms with Crippen LogP contribution in [0.3, 0.4) is 0 Å². The molecule has 0 aliphatic heterocycles. The summed E-state index contributed by atoms with van der Waals surface area (Å²) in [4.78, 5) is 21.2. The molecule has 14 nitrogen and oxygen atoms in total. The second-order valence-corrected chi connectivity index (χ2v) is 7.31. The van der Waals surface area contributed by atoms with Crippen molar-refractivity contribution in [2.45, 2.75) is 0 Å². The maximum Gasteiger partial charge on any atom is 0.548 e. The van der Waals surface area contributed by atoms with E-state index in [2.05, 4.69) is 29.9 Å². The fraction of sp³-hybridized carbons (Fsp3) is 0. The van der Waals surface area contributed by atoms with E-state index in [0.717, 1.165) is 9.46 Å². The largest absolute Gasteiger partial charge is 0.548 e. The van der Waals surface area contributed by atoms with Crippen molar-refractivity contribution in [2.24, 2.45) is 5.50 Å². The van der Waals surface area contributed by atoms with Gasteiger partial charge in [0.25, 0.3) is 0 Å². The first kappa shape index (κ1) is 17.3. The van der Waals surface area contributed by atoms with Crippen molar-refractivity contribution in [2.75, 3.05) is 11.5 Å². The maximum atomic E-state index is 12.6. The van der Waals surface area contributed by atoms with Gasteiger partial charge in [-0.25, -0.2) is 20.0 Å². The van der Waals surface area contributed by atoms with Crippen LogP contribution >= 0.6 is 32.2 Å². The third-order valence-electron chi connectivity index (χ3n) is 3.19. The maximum absolute atomic E-state index is 12.6. The highest BCUT2D eigenvalue weighted by atomic mass is 32.1. The monoisotopic (exact) mass is 427 g/mol. The van der Waals surface area contributed by atoms with Crippen molar-refractivity contribution in [1.29, 1.82) is 0 Å². The second kappa shape index (κ2) is 5.98. The molecule has 0 saturated carbocycles. The lowest BCUT2D eigenvalue weighted by molar-refractivity contribution is 0.182. The number of hydrogen-bond acceptors (Lipinski definition) is 11. The molecule has 4 rings (SSSR count). The van der Waals surface area contributed by atoms with Gasteiger partial charge in [-0.15, -0.1) is 9.46 Å². The fourth-order valence-corrected chi connectivity index (χ4v) is 3.45. The predicted octanol–water partition coefficient (Wildman–Crippen LogP) is 0.0798. The average Bonchev–Trinajstić information content (AvgIpc) is 3.12. The summed E-state index contributed by atoms with van der Waals surface area (Å²) in [5.41, 5.74) is 17.6. The predicted molar refractivity (Wildman–Crippen MR) is 99.2 cm³/mol. The molecule has 0 atom stereocenters. The number of nitrogens with one attached hydrogen (secondary N) is 2. The summed E-state index contributed by atoms with van der Waals surface area (Å²) in [5.74, 6) is 0.0280. The smallest absolute Gasteiger partial charge is 0.369 e. The lowest BCUT2D eigenvalue weighted by Crippen LogP contribution is -2.23. The van der Waals surface area contributed by atoms with Crippen LogP contribution in [0.1, 0.15) is 0 Å². The molecule has 0 fully saturated rings. The van der Waals surface area contributed by atoms with E-state index < -0.39 is 7.75 Å². The standard InChI is InChI=1S/C10H10N11O3PS2/c11-9-16-5-3(7(26)18-9)14-1-20(5)23-25(13,22)24-21-2-15-4-6(21)17-10(12)19-8(4)27/h1-2H,(H2,13,22)(H3,11,16,18,26)(H3,12,17,19,27). The van der Waals surface area contributed by atoms with E-state index in [0.29, 0.717) is 0 Å². The normalized spacial score (nSPS) is 11.9. The Hall–Kier alpha value is -3.07. The lowest BCUT2D eigenvalue weighted by Gasteiger charge is -2.14. The van der Waals surface area contributed by atoms with Crippen LogP contribution in [0.15, 0.2) is 12.7 Å². The molecule has 0 aliphatic carbocycles. The van der Waals surface area contributed by atoms with Gasteiger partial charge in [-0.1, -0.05) is 24.4 Å². The third-order valence-corrected chi connectivity index (χ3v) is 4.59. The number of hydrogen-bond donors (Lipinski definition) is 5. The van der Waals surface area contributed by atoms with Gasteiger partial charge in [0.05, 0.1) is 0 Å². The molecular weight excluding hydrogens is 417 g/mol. The van der Waals surface area contributed by atoms with Crippen LogP contribution in [0.2, 0.25) is 0 Å². The van der Waals surface area contributed by atoms with Crippen molar-refractivity contribution in [3.63, 3.8) is 0 Å². The summed E-state index contributed by atoms with van der Waals surface area (Å²) in [7, 11) is -4.24. The molecule has 27 heavy (non-hydrogen) atoms. The van der Waals surface area contributed by atoms with E-state index in [1.807, 2.05) is 0 Å². The minimum atomic E-state index is -4.24. The van der Waals surface area contributed by atoms with Crippen molar-refractivity contribution in [3.8, 4) is 0 Å². The molecule has 4 heterocycles. The molecule has 0 aromatic carbocycles. The van der Waals surface area contributed by atoms with Crippen LogP contribution in [0.4, 0.5) is 11.9 Å². The number of rotatable bonds is 4. The number of H-pyrrole nitrogens is 2. The van der Waals surface area contributed by atoms with E-state index in [1.54, 1.807) is 0 Å². The van der Waals surface area contributed by atoms with Gasteiger partial charge in [-0.2, -0.15) is 9.97 Å². The number of nitrogen functional groups attached to an aromatic ring is 2. The molecular formula is C10H10N11O3PS2. The molecule has 0 radical (unpaired) electrons. The summed E-state index contributed by atoms with van der Waals surface area (Å²) in [6.07, 6.45) is 2.34. The van der Waals surface area contributed by atoms with Gasteiger partial charge < -0.3 is 30.7 Å². The first-order valence-electron chi connectivity index (χ1n) is 6.98. The number of aromatic amines is 2. The number of nitrogens with two attached hydrogens (primary N) is 3. The molecule has 0 spiro atoms. The van der Waals surface area contributed by atoms with Crippen molar-refractivity contribution >= 4 is 66.4 Å². The summed E-state index contributed by atoms with van der Waals surface area (Å²) in [6, 6.07) is 0. The van der Waals surface area contributed by atoms with Crippen LogP contribution in [0.5, 0.6) is 0 Å². The Labute approximate surface area is 158 Å². The Balaban J connectivity index is 1.70. The van der Waals surface area contributed by atoms with Gasteiger partial charge in [-0.3, -0.25) is 0 Å². The molecule has 4 aromatic rings. The van der Waals surface area contributed by atoms with E-state index >= 15 is 0 Å². The number of nitrogens with zero attached hydrogens (tertiary/aromatic N) is 6. The topological polar surface area (TPSA) is 207 Å². The van der Waals surface area contributed by atoms with Crippen molar-refractivity contribution < 1.29 is 13.8 Å². The van der Waals surface area contributed by atoms with E-state index in [4.69, 9.17) is 50.7 Å².